The van der Waals surface area contributed by atoms with Crippen molar-refractivity contribution in [2.45, 2.75) is 38.1 Å². The van der Waals surface area contributed by atoms with Crippen molar-refractivity contribution in [3.05, 3.63) is 23.9 Å². The van der Waals surface area contributed by atoms with Gasteiger partial charge in [0.1, 0.15) is 5.82 Å². The fraction of sp³-hybridized carbons (Fsp3) is 0.500. The average molecular weight is 260 g/mol. The van der Waals surface area contributed by atoms with Crippen molar-refractivity contribution >= 4 is 17.7 Å². The van der Waals surface area contributed by atoms with Crippen LogP contribution in [0.1, 0.15) is 42.5 Å². The number of carbonyl (C=O) groups is 2. The summed E-state index contributed by atoms with van der Waals surface area (Å²) in [5.41, 5.74) is 0.149. The number of aromatic carboxylic acids is 1. The molecule has 100 valence electrons. The van der Waals surface area contributed by atoms with E-state index in [2.05, 4.69) is 4.98 Å². The predicted molar refractivity (Wildman–Crippen MR) is 69.0 cm³/mol. The molecular weight excluding hydrogens is 244 g/mol. The summed E-state index contributed by atoms with van der Waals surface area (Å²) in [5.74, 6) is -0.113. The first-order valence-corrected chi connectivity index (χ1v) is 6.69. The van der Waals surface area contributed by atoms with Crippen LogP contribution in [0.4, 0.5) is 5.82 Å². The normalized spacial score (nSPS) is 18.7. The highest BCUT2D eigenvalue weighted by Crippen LogP contribution is 2.36. The lowest BCUT2D eigenvalue weighted by Crippen LogP contribution is -2.41. The number of aromatic nitrogens is 1. The minimum atomic E-state index is -0.998. The third-order valence-corrected chi connectivity index (χ3v) is 3.85. The van der Waals surface area contributed by atoms with Gasteiger partial charge in [-0.3, -0.25) is 9.69 Å². The standard InChI is InChI=1S/C14H16N2O3/c17-13(9-2-1-3-9)16(11-5-6-11)12-7-4-10(8-15-12)14(18)19/h4,7-9,11H,1-3,5-6H2,(H,18,19). The lowest BCUT2D eigenvalue weighted by atomic mass is 9.84. The van der Waals surface area contributed by atoms with Crippen molar-refractivity contribution in [1.82, 2.24) is 4.98 Å². The van der Waals surface area contributed by atoms with Gasteiger partial charge in [0.15, 0.2) is 0 Å². The molecule has 1 heterocycles. The number of hydrogen-bond acceptors (Lipinski definition) is 3. The van der Waals surface area contributed by atoms with E-state index in [1.54, 1.807) is 11.0 Å². The van der Waals surface area contributed by atoms with E-state index in [1.165, 1.54) is 12.3 Å². The second-order valence-corrected chi connectivity index (χ2v) is 5.28. The van der Waals surface area contributed by atoms with Crippen molar-refractivity contribution < 1.29 is 14.7 Å². The Balaban J connectivity index is 1.83. The summed E-state index contributed by atoms with van der Waals surface area (Å²) >= 11 is 0. The fourth-order valence-corrected chi connectivity index (χ4v) is 2.32. The van der Waals surface area contributed by atoms with Gasteiger partial charge in [0.25, 0.3) is 0 Å². The zero-order valence-electron chi connectivity index (χ0n) is 10.6. The van der Waals surface area contributed by atoms with Crippen LogP contribution in [0.2, 0.25) is 0 Å². The Kier molecular flexibility index (Phi) is 2.97. The number of carboxylic acids is 1. The highest BCUT2D eigenvalue weighted by molar-refractivity contribution is 5.96. The predicted octanol–water partition coefficient (Wildman–Crippen LogP) is 2.08. The first-order valence-electron chi connectivity index (χ1n) is 6.69. The van der Waals surface area contributed by atoms with Gasteiger partial charge in [-0.2, -0.15) is 0 Å². The van der Waals surface area contributed by atoms with Gasteiger partial charge in [-0.15, -0.1) is 0 Å². The summed E-state index contributed by atoms with van der Waals surface area (Å²) in [6, 6.07) is 3.41. The average Bonchev–Trinajstić information content (AvgIpc) is 3.12. The van der Waals surface area contributed by atoms with Gasteiger partial charge >= 0.3 is 5.97 Å². The molecule has 0 atom stereocenters. The highest BCUT2D eigenvalue weighted by atomic mass is 16.4. The van der Waals surface area contributed by atoms with Gasteiger partial charge in [-0.1, -0.05) is 6.42 Å². The van der Waals surface area contributed by atoms with Crippen LogP contribution in [0, 0.1) is 5.92 Å². The third kappa shape index (κ3) is 2.32. The molecule has 5 nitrogen and oxygen atoms in total. The number of pyridine rings is 1. The molecule has 1 aromatic rings. The SMILES string of the molecule is O=C(O)c1ccc(N(C(=O)C2CCC2)C2CC2)nc1. The summed E-state index contributed by atoms with van der Waals surface area (Å²) in [4.78, 5) is 29.1. The number of hydrogen-bond donors (Lipinski definition) is 1. The van der Waals surface area contributed by atoms with E-state index in [4.69, 9.17) is 5.11 Å². The minimum absolute atomic E-state index is 0.140. The quantitative estimate of drug-likeness (QED) is 0.899. The van der Waals surface area contributed by atoms with Crippen molar-refractivity contribution in [2.24, 2.45) is 5.92 Å². The largest absolute Gasteiger partial charge is 0.478 e. The topological polar surface area (TPSA) is 70.5 Å². The molecule has 0 saturated heterocycles. The molecule has 1 aromatic heterocycles. The monoisotopic (exact) mass is 260 g/mol. The van der Waals surface area contributed by atoms with Gasteiger partial charge in [-0.05, 0) is 37.8 Å². The van der Waals surface area contributed by atoms with Gasteiger partial charge in [0, 0.05) is 18.2 Å². The number of nitrogens with zero attached hydrogens (tertiary/aromatic N) is 2. The van der Waals surface area contributed by atoms with Crippen LogP contribution in [0.25, 0.3) is 0 Å². The molecule has 0 radical (unpaired) electrons. The molecule has 5 heteroatoms. The number of carbonyl (C=O) groups excluding carboxylic acids is 1. The number of amides is 1. The van der Waals surface area contributed by atoms with Gasteiger partial charge in [0.05, 0.1) is 5.56 Å². The second-order valence-electron chi connectivity index (χ2n) is 5.28. The van der Waals surface area contributed by atoms with E-state index in [9.17, 15) is 9.59 Å². The molecule has 1 N–H and O–H groups in total. The summed E-state index contributed by atoms with van der Waals surface area (Å²) in [6.45, 7) is 0. The molecule has 19 heavy (non-hydrogen) atoms. The zero-order valence-corrected chi connectivity index (χ0v) is 10.6. The summed E-state index contributed by atoms with van der Waals surface area (Å²) in [5, 5.41) is 8.86. The maximum atomic E-state index is 12.4. The lowest BCUT2D eigenvalue weighted by molar-refractivity contribution is -0.124. The highest BCUT2D eigenvalue weighted by Gasteiger charge is 2.39. The smallest absolute Gasteiger partial charge is 0.337 e. The molecule has 2 aliphatic rings. The minimum Gasteiger partial charge on any atom is -0.478 e. The van der Waals surface area contributed by atoms with Crippen LogP contribution in [0.3, 0.4) is 0 Å². The zero-order chi connectivity index (χ0) is 13.4. The van der Waals surface area contributed by atoms with Crippen molar-refractivity contribution in [2.75, 3.05) is 4.90 Å². The Hall–Kier alpha value is -1.91. The van der Waals surface area contributed by atoms with Crippen LogP contribution >= 0.6 is 0 Å². The van der Waals surface area contributed by atoms with Crippen LogP contribution in [-0.2, 0) is 4.79 Å². The molecule has 2 saturated carbocycles. The van der Waals surface area contributed by atoms with Crippen LogP contribution < -0.4 is 4.90 Å². The lowest BCUT2D eigenvalue weighted by Gasteiger charge is -2.31. The number of anilines is 1. The van der Waals surface area contributed by atoms with E-state index in [-0.39, 0.29) is 23.4 Å². The van der Waals surface area contributed by atoms with E-state index >= 15 is 0 Å². The Labute approximate surface area is 111 Å². The molecule has 0 aromatic carbocycles. The maximum absolute atomic E-state index is 12.4. The molecule has 3 rings (SSSR count). The van der Waals surface area contributed by atoms with Crippen LogP contribution in [0.5, 0.6) is 0 Å². The van der Waals surface area contributed by atoms with Crippen molar-refractivity contribution in [1.29, 1.82) is 0 Å². The first kappa shape index (κ1) is 12.1. The molecule has 0 aliphatic heterocycles. The Morgan fingerprint density at radius 2 is 1.95 bits per heavy atom. The van der Waals surface area contributed by atoms with Gasteiger partial charge in [-0.25, -0.2) is 9.78 Å². The molecule has 0 bridgehead atoms. The number of rotatable bonds is 4. The molecule has 0 spiro atoms. The number of carboxylic acid groups (broad SMARTS) is 1. The summed E-state index contributed by atoms with van der Waals surface area (Å²) in [7, 11) is 0. The van der Waals surface area contributed by atoms with Crippen molar-refractivity contribution in [3.63, 3.8) is 0 Å². The van der Waals surface area contributed by atoms with Crippen molar-refractivity contribution in [3.8, 4) is 0 Å². The Morgan fingerprint density at radius 3 is 2.37 bits per heavy atom. The Morgan fingerprint density at radius 1 is 1.21 bits per heavy atom. The van der Waals surface area contributed by atoms with Gasteiger partial charge < -0.3 is 5.11 Å². The molecule has 1 amide bonds. The van der Waals surface area contributed by atoms with E-state index in [0.29, 0.717) is 5.82 Å². The fourth-order valence-electron chi connectivity index (χ4n) is 2.32. The second kappa shape index (κ2) is 4.64. The molecular formula is C14H16N2O3. The molecule has 2 aliphatic carbocycles. The summed E-state index contributed by atoms with van der Waals surface area (Å²) < 4.78 is 0. The van der Waals surface area contributed by atoms with Gasteiger partial charge in [0.2, 0.25) is 5.91 Å². The maximum Gasteiger partial charge on any atom is 0.337 e. The third-order valence-electron chi connectivity index (χ3n) is 3.85. The van der Waals surface area contributed by atoms with Crippen LogP contribution in [0.15, 0.2) is 18.3 Å². The van der Waals surface area contributed by atoms with E-state index < -0.39 is 5.97 Å². The van der Waals surface area contributed by atoms with E-state index in [0.717, 1.165) is 32.1 Å². The Bertz CT molecular complexity index is 504. The summed E-state index contributed by atoms with van der Waals surface area (Å²) in [6.07, 6.45) is 6.41. The molecule has 2 fully saturated rings. The molecule has 0 unspecified atom stereocenters. The van der Waals surface area contributed by atoms with Crippen LogP contribution in [-0.4, -0.2) is 28.0 Å². The van der Waals surface area contributed by atoms with E-state index in [1.807, 2.05) is 0 Å². The first-order chi connectivity index (χ1) is 9.16.